The fourth-order valence-electron chi connectivity index (χ4n) is 2.63. The van der Waals surface area contributed by atoms with Crippen LogP contribution in [-0.4, -0.2) is 49.3 Å². The third kappa shape index (κ3) is 2.15. The molecule has 1 spiro atoms. The van der Waals surface area contributed by atoms with Gasteiger partial charge in [0.05, 0.1) is 5.75 Å². The summed E-state index contributed by atoms with van der Waals surface area (Å²) in [6, 6.07) is -0.458. The van der Waals surface area contributed by atoms with E-state index in [1.807, 2.05) is 0 Å². The summed E-state index contributed by atoms with van der Waals surface area (Å²) in [5, 5.41) is 2.29. The quantitative estimate of drug-likeness (QED) is 0.718. The van der Waals surface area contributed by atoms with Gasteiger partial charge in [-0.25, -0.2) is 13.2 Å². The van der Waals surface area contributed by atoms with Crippen molar-refractivity contribution in [3.05, 3.63) is 0 Å². The highest BCUT2D eigenvalue weighted by atomic mass is 32.2. The molecular weight excluding hydrogens is 244 g/mol. The Morgan fingerprint density at radius 3 is 2.41 bits per heavy atom. The molecule has 2 fully saturated rings. The first kappa shape index (κ1) is 12.3. The SMILES string of the molecule is CS(=O)(=O)CCN1C(=O)NC(=O)C12CCCC2. The van der Waals surface area contributed by atoms with E-state index in [1.165, 1.54) is 4.90 Å². The van der Waals surface area contributed by atoms with Crippen LogP contribution in [0.2, 0.25) is 0 Å². The summed E-state index contributed by atoms with van der Waals surface area (Å²) < 4.78 is 22.3. The number of sulfone groups is 1. The van der Waals surface area contributed by atoms with Crippen LogP contribution in [0.1, 0.15) is 25.7 Å². The number of imide groups is 1. The second-order valence-electron chi connectivity index (χ2n) is 4.78. The predicted octanol–water partition coefficient (Wildman–Crippen LogP) is -0.104. The van der Waals surface area contributed by atoms with Gasteiger partial charge in [-0.1, -0.05) is 12.8 Å². The molecule has 0 aromatic rings. The van der Waals surface area contributed by atoms with Crippen molar-refractivity contribution >= 4 is 21.8 Å². The molecule has 0 unspecified atom stereocenters. The number of carbonyl (C=O) groups is 2. The van der Waals surface area contributed by atoms with Crippen molar-refractivity contribution in [3.63, 3.8) is 0 Å². The standard InChI is InChI=1S/C10H16N2O4S/c1-17(15,16)7-6-12-9(14)11-8(13)10(12)4-2-3-5-10/h2-7H2,1H3,(H,11,13,14). The van der Waals surface area contributed by atoms with Crippen LogP contribution in [0.15, 0.2) is 0 Å². The van der Waals surface area contributed by atoms with Crippen LogP contribution in [0.4, 0.5) is 4.79 Å². The van der Waals surface area contributed by atoms with E-state index in [4.69, 9.17) is 0 Å². The smallest absolute Gasteiger partial charge is 0.309 e. The molecule has 3 amide bonds. The average molecular weight is 260 g/mol. The Hall–Kier alpha value is -1.11. The van der Waals surface area contributed by atoms with Gasteiger partial charge in [-0.05, 0) is 12.8 Å². The normalized spacial score (nSPS) is 23.5. The summed E-state index contributed by atoms with van der Waals surface area (Å²) in [4.78, 5) is 24.9. The van der Waals surface area contributed by atoms with E-state index >= 15 is 0 Å². The average Bonchev–Trinajstić information content (AvgIpc) is 2.73. The molecule has 0 aromatic carbocycles. The number of hydrogen-bond donors (Lipinski definition) is 1. The molecule has 0 radical (unpaired) electrons. The molecule has 1 N–H and O–H groups in total. The molecular formula is C10H16N2O4S. The van der Waals surface area contributed by atoms with Gasteiger partial charge in [-0.15, -0.1) is 0 Å². The number of carbonyl (C=O) groups excluding carboxylic acids is 2. The second kappa shape index (κ2) is 3.97. The minimum atomic E-state index is -3.13. The second-order valence-corrected chi connectivity index (χ2v) is 7.04. The van der Waals surface area contributed by atoms with E-state index < -0.39 is 21.4 Å². The molecule has 1 aliphatic carbocycles. The maximum Gasteiger partial charge on any atom is 0.325 e. The molecule has 17 heavy (non-hydrogen) atoms. The molecule has 6 nitrogen and oxygen atoms in total. The molecule has 96 valence electrons. The first-order valence-electron chi connectivity index (χ1n) is 5.66. The van der Waals surface area contributed by atoms with Gasteiger partial charge in [0.15, 0.2) is 0 Å². The number of urea groups is 1. The zero-order chi connectivity index (χ0) is 12.7. The Morgan fingerprint density at radius 1 is 1.29 bits per heavy atom. The Labute approximate surface area is 100 Å². The lowest BCUT2D eigenvalue weighted by Gasteiger charge is -2.31. The van der Waals surface area contributed by atoms with Crippen LogP contribution in [0, 0.1) is 0 Å². The zero-order valence-corrected chi connectivity index (χ0v) is 10.5. The van der Waals surface area contributed by atoms with E-state index in [1.54, 1.807) is 0 Å². The monoisotopic (exact) mass is 260 g/mol. The summed E-state index contributed by atoms with van der Waals surface area (Å²) in [5.41, 5.74) is -0.776. The van der Waals surface area contributed by atoms with Crippen molar-refractivity contribution in [2.45, 2.75) is 31.2 Å². The lowest BCUT2D eigenvalue weighted by atomic mass is 9.96. The third-order valence-corrected chi connectivity index (χ3v) is 4.45. The molecule has 2 rings (SSSR count). The summed E-state index contributed by atoms with van der Waals surface area (Å²) in [5.74, 6) is -0.372. The maximum absolute atomic E-state index is 11.8. The number of hydrogen-bond acceptors (Lipinski definition) is 4. The van der Waals surface area contributed by atoms with E-state index in [2.05, 4.69) is 5.32 Å². The highest BCUT2D eigenvalue weighted by Crippen LogP contribution is 2.38. The minimum absolute atomic E-state index is 0.0937. The van der Waals surface area contributed by atoms with Gasteiger partial charge < -0.3 is 4.90 Å². The molecule has 0 aromatic heterocycles. The Kier molecular flexibility index (Phi) is 2.89. The number of rotatable bonds is 3. The highest BCUT2D eigenvalue weighted by molar-refractivity contribution is 7.90. The van der Waals surface area contributed by atoms with Crippen LogP contribution in [-0.2, 0) is 14.6 Å². The molecule has 1 heterocycles. The summed E-state index contributed by atoms with van der Waals surface area (Å²) >= 11 is 0. The minimum Gasteiger partial charge on any atom is -0.309 e. The lowest BCUT2D eigenvalue weighted by molar-refractivity contribution is -0.126. The van der Waals surface area contributed by atoms with Crippen LogP contribution in [0.25, 0.3) is 0 Å². The van der Waals surface area contributed by atoms with Gasteiger partial charge in [0.25, 0.3) is 5.91 Å². The van der Waals surface area contributed by atoms with Crippen molar-refractivity contribution < 1.29 is 18.0 Å². The van der Waals surface area contributed by atoms with E-state index in [0.29, 0.717) is 12.8 Å². The molecule has 2 aliphatic rings. The number of nitrogens with zero attached hydrogens (tertiary/aromatic N) is 1. The predicted molar refractivity (Wildman–Crippen MR) is 61.2 cm³/mol. The van der Waals surface area contributed by atoms with Gasteiger partial charge in [0.2, 0.25) is 0 Å². The Balaban J connectivity index is 2.18. The molecule has 1 aliphatic heterocycles. The third-order valence-electron chi connectivity index (χ3n) is 3.52. The lowest BCUT2D eigenvalue weighted by Crippen LogP contribution is -2.48. The van der Waals surface area contributed by atoms with Crippen molar-refractivity contribution in [3.8, 4) is 0 Å². The van der Waals surface area contributed by atoms with Gasteiger partial charge in [-0.2, -0.15) is 0 Å². The van der Waals surface area contributed by atoms with Crippen molar-refractivity contribution in [2.24, 2.45) is 0 Å². The van der Waals surface area contributed by atoms with Gasteiger partial charge in [0, 0.05) is 12.8 Å². The fourth-order valence-corrected chi connectivity index (χ4v) is 3.14. The van der Waals surface area contributed by atoms with Gasteiger partial charge in [-0.3, -0.25) is 10.1 Å². The van der Waals surface area contributed by atoms with Crippen molar-refractivity contribution in [1.82, 2.24) is 10.2 Å². The fraction of sp³-hybridized carbons (Fsp3) is 0.800. The Morgan fingerprint density at radius 2 is 1.88 bits per heavy atom. The van der Waals surface area contributed by atoms with Gasteiger partial charge >= 0.3 is 6.03 Å². The van der Waals surface area contributed by atoms with Crippen LogP contribution < -0.4 is 5.32 Å². The largest absolute Gasteiger partial charge is 0.325 e. The van der Waals surface area contributed by atoms with E-state index in [0.717, 1.165) is 19.1 Å². The van der Waals surface area contributed by atoms with Crippen LogP contribution >= 0.6 is 0 Å². The molecule has 1 saturated heterocycles. The number of nitrogens with one attached hydrogen (secondary N) is 1. The van der Waals surface area contributed by atoms with Crippen molar-refractivity contribution in [1.29, 1.82) is 0 Å². The molecule has 1 saturated carbocycles. The molecule has 0 atom stereocenters. The van der Waals surface area contributed by atoms with E-state index in [-0.39, 0.29) is 18.2 Å². The molecule has 0 bridgehead atoms. The zero-order valence-electron chi connectivity index (χ0n) is 9.73. The van der Waals surface area contributed by atoms with E-state index in [9.17, 15) is 18.0 Å². The summed E-state index contributed by atoms with van der Waals surface area (Å²) in [6.45, 7) is 0.0937. The molecule has 7 heteroatoms. The highest BCUT2D eigenvalue weighted by Gasteiger charge is 2.53. The maximum atomic E-state index is 11.8. The first-order chi connectivity index (χ1) is 7.85. The van der Waals surface area contributed by atoms with Crippen molar-refractivity contribution in [2.75, 3.05) is 18.6 Å². The van der Waals surface area contributed by atoms with Crippen LogP contribution in [0.5, 0.6) is 0 Å². The first-order valence-corrected chi connectivity index (χ1v) is 7.72. The summed E-state index contributed by atoms with van der Waals surface area (Å²) in [7, 11) is -3.13. The number of amides is 3. The topological polar surface area (TPSA) is 83.6 Å². The van der Waals surface area contributed by atoms with Crippen LogP contribution in [0.3, 0.4) is 0 Å². The summed E-state index contributed by atoms with van der Waals surface area (Å²) in [6.07, 6.45) is 4.19. The van der Waals surface area contributed by atoms with Gasteiger partial charge in [0.1, 0.15) is 15.4 Å². The Bertz CT molecular complexity index is 451.